The molecule has 4 heteroatoms. The van der Waals surface area contributed by atoms with Gasteiger partial charge in [0.2, 0.25) is 0 Å². The number of nitrogens with zero attached hydrogens (tertiary/aromatic N) is 1. The summed E-state index contributed by atoms with van der Waals surface area (Å²) in [5.41, 5.74) is 9.18. The van der Waals surface area contributed by atoms with Crippen LogP contribution >= 0.6 is 0 Å². The second-order valence-corrected chi connectivity index (χ2v) is 5.53. The summed E-state index contributed by atoms with van der Waals surface area (Å²) in [6.45, 7) is 3.98. The van der Waals surface area contributed by atoms with Gasteiger partial charge in [-0.25, -0.2) is 4.79 Å². The zero-order valence-electron chi connectivity index (χ0n) is 11.3. The Labute approximate surface area is 112 Å². The van der Waals surface area contributed by atoms with Crippen molar-refractivity contribution in [2.45, 2.75) is 38.1 Å². The molecule has 0 radical (unpaired) electrons. The number of nitrogens with two attached hydrogens (primary N) is 1. The molecule has 0 aliphatic heterocycles. The Morgan fingerprint density at radius 2 is 2.05 bits per heavy atom. The van der Waals surface area contributed by atoms with E-state index in [0.717, 1.165) is 24.2 Å². The van der Waals surface area contributed by atoms with Gasteiger partial charge in [-0.2, -0.15) is 0 Å². The smallest absolute Gasteiger partial charge is 0.327 e. The summed E-state index contributed by atoms with van der Waals surface area (Å²) in [7, 11) is 0. The first-order valence-corrected chi connectivity index (χ1v) is 6.69. The van der Waals surface area contributed by atoms with Gasteiger partial charge in [0, 0.05) is 23.3 Å². The van der Waals surface area contributed by atoms with Crippen LogP contribution in [0.2, 0.25) is 0 Å². The molecule has 0 spiro atoms. The van der Waals surface area contributed by atoms with Gasteiger partial charge in [-0.1, -0.05) is 18.2 Å². The maximum atomic E-state index is 12.0. The number of aromatic amines is 1. The normalized spacial score (nSPS) is 18.3. The SMILES string of the molecule is Cc1c[nH]c(=O)n1-c1ccccc1C1(C(C)N)CC1. The fourth-order valence-corrected chi connectivity index (χ4v) is 2.95. The summed E-state index contributed by atoms with van der Waals surface area (Å²) in [5, 5.41) is 0. The topological polar surface area (TPSA) is 63.8 Å². The standard InChI is InChI=1S/C15H19N3O/c1-10-9-17-14(19)18(10)13-6-4-3-5-12(13)15(7-8-15)11(2)16/h3-6,9,11H,7-8,16H2,1-2H3,(H,17,19). The predicted molar refractivity (Wildman–Crippen MR) is 75.7 cm³/mol. The van der Waals surface area contributed by atoms with Gasteiger partial charge < -0.3 is 10.7 Å². The van der Waals surface area contributed by atoms with Crippen molar-refractivity contribution in [3.05, 3.63) is 52.2 Å². The molecule has 4 nitrogen and oxygen atoms in total. The van der Waals surface area contributed by atoms with E-state index in [-0.39, 0.29) is 17.1 Å². The molecule has 19 heavy (non-hydrogen) atoms. The number of imidazole rings is 1. The Balaban J connectivity index is 2.22. The average molecular weight is 257 g/mol. The summed E-state index contributed by atoms with van der Waals surface area (Å²) in [5.74, 6) is 0. The van der Waals surface area contributed by atoms with Crippen LogP contribution < -0.4 is 11.4 Å². The van der Waals surface area contributed by atoms with Gasteiger partial charge in [0.15, 0.2) is 0 Å². The van der Waals surface area contributed by atoms with E-state index in [9.17, 15) is 4.79 Å². The summed E-state index contributed by atoms with van der Waals surface area (Å²) >= 11 is 0. The van der Waals surface area contributed by atoms with Crippen LogP contribution in [0, 0.1) is 6.92 Å². The molecule has 1 fully saturated rings. The van der Waals surface area contributed by atoms with Crippen molar-refractivity contribution in [3.63, 3.8) is 0 Å². The van der Waals surface area contributed by atoms with Crippen LogP contribution in [0.15, 0.2) is 35.3 Å². The second kappa shape index (κ2) is 4.10. The molecule has 1 aliphatic carbocycles. The van der Waals surface area contributed by atoms with Crippen molar-refractivity contribution >= 4 is 0 Å². The molecule has 100 valence electrons. The van der Waals surface area contributed by atoms with E-state index in [1.807, 2.05) is 25.1 Å². The number of para-hydroxylation sites is 1. The van der Waals surface area contributed by atoms with Crippen molar-refractivity contribution in [2.75, 3.05) is 0 Å². The van der Waals surface area contributed by atoms with Gasteiger partial charge in [-0.3, -0.25) is 4.57 Å². The Kier molecular flexibility index (Phi) is 2.64. The molecule has 2 aromatic rings. The molecule has 1 atom stereocenters. The molecular formula is C15H19N3O. The van der Waals surface area contributed by atoms with Crippen LogP contribution in [0.4, 0.5) is 0 Å². The highest BCUT2D eigenvalue weighted by atomic mass is 16.1. The first kappa shape index (κ1) is 12.2. The highest BCUT2D eigenvalue weighted by Crippen LogP contribution is 2.51. The molecule has 0 saturated heterocycles. The number of hydrogen-bond donors (Lipinski definition) is 2. The van der Waals surface area contributed by atoms with Gasteiger partial charge in [0.1, 0.15) is 0 Å². The number of aromatic nitrogens is 2. The molecule has 1 heterocycles. The molecule has 3 rings (SSSR count). The van der Waals surface area contributed by atoms with Gasteiger partial charge in [0.05, 0.1) is 5.69 Å². The minimum atomic E-state index is -0.0922. The van der Waals surface area contributed by atoms with Gasteiger partial charge in [0.25, 0.3) is 0 Å². The van der Waals surface area contributed by atoms with E-state index in [4.69, 9.17) is 5.73 Å². The van der Waals surface area contributed by atoms with Crippen molar-refractivity contribution < 1.29 is 0 Å². The molecule has 3 N–H and O–H groups in total. The lowest BCUT2D eigenvalue weighted by atomic mass is 9.88. The van der Waals surface area contributed by atoms with Crippen LogP contribution in [0.25, 0.3) is 5.69 Å². The van der Waals surface area contributed by atoms with Crippen LogP contribution in [-0.2, 0) is 5.41 Å². The van der Waals surface area contributed by atoms with Crippen LogP contribution in [-0.4, -0.2) is 15.6 Å². The fourth-order valence-electron chi connectivity index (χ4n) is 2.95. The quantitative estimate of drug-likeness (QED) is 0.881. The van der Waals surface area contributed by atoms with Crippen molar-refractivity contribution in [3.8, 4) is 5.69 Å². The van der Waals surface area contributed by atoms with E-state index in [1.165, 1.54) is 5.56 Å². The number of hydrogen-bond acceptors (Lipinski definition) is 2. The Bertz CT molecular complexity index is 662. The number of nitrogens with one attached hydrogen (secondary N) is 1. The lowest BCUT2D eigenvalue weighted by Crippen LogP contribution is -2.33. The van der Waals surface area contributed by atoms with Crippen molar-refractivity contribution in [1.82, 2.24) is 9.55 Å². The Morgan fingerprint density at radius 3 is 2.58 bits per heavy atom. The van der Waals surface area contributed by atoms with Crippen molar-refractivity contribution in [1.29, 1.82) is 0 Å². The van der Waals surface area contributed by atoms with Crippen molar-refractivity contribution in [2.24, 2.45) is 5.73 Å². The molecule has 1 aliphatic rings. The first-order chi connectivity index (χ1) is 9.06. The Hall–Kier alpha value is -1.81. The summed E-state index contributed by atoms with van der Waals surface area (Å²) in [6, 6.07) is 8.19. The largest absolute Gasteiger partial charge is 0.330 e. The maximum absolute atomic E-state index is 12.0. The summed E-state index contributed by atoms with van der Waals surface area (Å²) < 4.78 is 1.73. The number of rotatable bonds is 3. The number of H-pyrrole nitrogens is 1. The number of benzene rings is 1. The third kappa shape index (κ3) is 1.75. The molecule has 0 amide bonds. The molecule has 1 saturated carbocycles. The lowest BCUT2D eigenvalue weighted by Gasteiger charge is -2.23. The fraction of sp³-hybridized carbons (Fsp3) is 0.400. The molecule has 0 bridgehead atoms. The third-order valence-corrected chi connectivity index (χ3v) is 4.30. The molecular weight excluding hydrogens is 238 g/mol. The minimum absolute atomic E-state index is 0.0414. The Morgan fingerprint density at radius 1 is 1.37 bits per heavy atom. The highest BCUT2D eigenvalue weighted by Gasteiger charge is 2.48. The first-order valence-electron chi connectivity index (χ1n) is 6.69. The van der Waals surface area contributed by atoms with E-state index < -0.39 is 0 Å². The van der Waals surface area contributed by atoms with Crippen LogP contribution in [0.3, 0.4) is 0 Å². The predicted octanol–water partition coefficient (Wildman–Crippen LogP) is 1.85. The third-order valence-electron chi connectivity index (χ3n) is 4.30. The van der Waals surface area contributed by atoms with Gasteiger partial charge in [-0.05, 0) is 38.3 Å². The average Bonchev–Trinajstić information content (AvgIpc) is 3.13. The van der Waals surface area contributed by atoms with E-state index >= 15 is 0 Å². The highest BCUT2D eigenvalue weighted by molar-refractivity contribution is 5.50. The lowest BCUT2D eigenvalue weighted by molar-refractivity contribution is 0.553. The maximum Gasteiger partial charge on any atom is 0.330 e. The monoisotopic (exact) mass is 257 g/mol. The van der Waals surface area contributed by atoms with Crippen LogP contribution in [0.5, 0.6) is 0 Å². The van der Waals surface area contributed by atoms with Gasteiger partial charge >= 0.3 is 5.69 Å². The molecule has 1 aromatic carbocycles. The molecule has 1 aromatic heterocycles. The second-order valence-electron chi connectivity index (χ2n) is 5.53. The van der Waals surface area contributed by atoms with Crippen LogP contribution in [0.1, 0.15) is 31.0 Å². The van der Waals surface area contributed by atoms with E-state index in [1.54, 1.807) is 10.8 Å². The van der Waals surface area contributed by atoms with E-state index in [2.05, 4.69) is 18.0 Å². The van der Waals surface area contributed by atoms with Gasteiger partial charge in [-0.15, -0.1) is 0 Å². The van der Waals surface area contributed by atoms with E-state index in [0.29, 0.717) is 0 Å². The zero-order chi connectivity index (χ0) is 13.6. The zero-order valence-corrected chi connectivity index (χ0v) is 11.3. The summed E-state index contributed by atoms with van der Waals surface area (Å²) in [4.78, 5) is 14.7. The summed E-state index contributed by atoms with van der Waals surface area (Å²) in [6.07, 6.45) is 3.93. The number of aryl methyl sites for hydroxylation is 1. The minimum Gasteiger partial charge on any atom is -0.327 e. The molecule has 1 unspecified atom stereocenters.